The van der Waals surface area contributed by atoms with Crippen LogP contribution in [0.3, 0.4) is 0 Å². The number of likely N-dealkylation sites (tertiary alicyclic amines) is 1. The Morgan fingerprint density at radius 2 is 2.15 bits per heavy atom. The lowest BCUT2D eigenvalue weighted by Gasteiger charge is -2.31. The van der Waals surface area contributed by atoms with E-state index in [0.29, 0.717) is 23.7 Å². The average Bonchev–Trinajstić information content (AvgIpc) is 2.48. The van der Waals surface area contributed by atoms with Gasteiger partial charge < -0.3 is 9.64 Å². The number of methoxy groups -OCH3 is 1. The molecule has 0 saturated carbocycles. The van der Waals surface area contributed by atoms with E-state index in [4.69, 9.17) is 16.3 Å². The number of carbonyl (C=O) groups excluding carboxylic acids is 2. The number of hydrogen-bond acceptors (Lipinski definition) is 3. The van der Waals surface area contributed by atoms with Crippen molar-refractivity contribution in [1.82, 2.24) is 4.90 Å². The van der Waals surface area contributed by atoms with Crippen LogP contribution in [-0.4, -0.2) is 37.0 Å². The minimum atomic E-state index is -0.245. The van der Waals surface area contributed by atoms with E-state index in [0.717, 1.165) is 18.4 Å². The van der Waals surface area contributed by atoms with Crippen molar-refractivity contribution in [3.05, 3.63) is 34.3 Å². The van der Waals surface area contributed by atoms with Gasteiger partial charge in [0.15, 0.2) is 0 Å². The second kappa shape index (κ2) is 6.27. The molecule has 1 aromatic rings. The van der Waals surface area contributed by atoms with Gasteiger partial charge in [-0.25, -0.2) is 0 Å². The minimum absolute atomic E-state index is 0.0707. The molecule has 1 fully saturated rings. The second-order valence-corrected chi connectivity index (χ2v) is 5.43. The largest absolute Gasteiger partial charge is 0.469 e. The maximum Gasteiger partial charge on any atom is 0.310 e. The molecule has 0 N–H and O–H groups in total. The Hall–Kier alpha value is -1.55. The zero-order chi connectivity index (χ0) is 14.7. The number of hydrogen-bond donors (Lipinski definition) is 0. The van der Waals surface area contributed by atoms with Crippen LogP contribution in [0.25, 0.3) is 0 Å². The van der Waals surface area contributed by atoms with Gasteiger partial charge in [-0.1, -0.05) is 17.7 Å². The fourth-order valence-corrected chi connectivity index (χ4v) is 2.70. The van der Waals surface area contributed by atoms with E-state index < -0.39 is 0 Å². The summed E-state index contributed by atoms with van der Waals surface area (Å²) in [6, 6.07) is 5.30. The van der Waals surface area contributed by atoms with Crippen LogP contribution in [0.5, 0.6) is 0 Å². The fraction of sp³-hybridized carbons (Fsp3) is 0.467. The zero-order valence-electron chi connectivity index (χ0n) is 11.7. The van der Waals surface area contributed by atoms with Gasteiger partial charge in [0, 0.05) is 23.7 Å². The van der Waals surface area contributed by atoms with Crippen LogP contribution in [0.2, 0.25) is 5.02 Å². The molecule has 4 nitrogen and oxygen atoms in total. The quantitative estimate of drug-likeness (QED) is 0.788. The van der Waals surface area contributed by atoms with Crippen LogP contribution in [0.1, 0.15) is 28.8 Å². The first-order chi connectivity index (χ1) is 9.54. The summed E-state index contributed by atoms with van der Waals surface area (Å²) in [5.74, 6) is -0.541. The molecule has 1 aromatic carbocycles. The van der Waals surface area contributed by atoms with Gasteiger partial charge in [0.25, 0.3) is 5.91 Å². The lowest BCUT2D eigenvalue weighted by Crippen LogP contribution is -2.42. The number of piperidine rings is 1. The van der Waals surface area contributed by atoms with Crippen LogP contribution in [0.4, 0.5) is 0 Å². The van der Waals surface area contributed by atoms with Crippen LogP contribution < -0.4 is 0 Å². The van der Waals surface area contributed by atoms with E-state index in [-0.39, 0.29) is 17.8 Å². The standard InChI is InChI=1S/C15H18ClNO3/c1-10-12(6-3-7-13(10)16)14(18)17-8-4-5-11(9-17)15(19)20-2/h3,6-7,11H,4-5,8-9H2,1-2H3/t11-/m0/s1. The highest BCUT2D eigenvalue weighted by atomic mass is 35.5. The maximum absolute atomic E-state index is 12.5. The maximum atomic E-state index is 12.5. The van der Waals surface area contributed by atoms with E-state index in [9.17, 15) is 9.59 Å². The first-order valence-corrected chi connectivity index (χ1v) is 7.04. The number of nitrogens with zero attached hydrogens (tertiary/aromatic N) is 1. The first kappa shape index (κ1) is 14.9. The monoisotopic (exact) mass is 295 g/mol. The summed E-state index contributed by atoms with van der Waals surface area (Å²) >= 11 is 6.05. The van der Waals surface area contributed by atoms with E-state index in [1.54, 1.807) is 23.1 Å². The molecular weight excluding hydrogens is 278 g/mol. The smallest absolute Gasteiger partial charge is 0.310 e. The Balaban J connectivity index is 2.16. The third kappa shape index (κ3) is 2.96. The fourth-order valence-electron chi connectivity index (χ4n) is 2.53. The van der Waals surface area contributed by atoms with Crippen molar-refractivity contribution < 1.29 is 14.3 Å². The third-order valence-electron chi connectivity index (χ3n) is 3.74. The molecule has 1 atom stereocenters. The Labute approximate surface area is 123 Å². The molecule has 0 unspecified atom stereocenters. The van der Waals surface area contributed by atoms with E-state index in [1.807, 2.05) is 6.92 Å². The summed E-state index contributed by atoms with van der Waals surface area (Å²) in [4.78, 5) is 25.9. The third-order valence-corrected chi connectivity index (χ3v) is 4.15. The highest BCUT2D eigenvalue weighted by Crippen LogP contribution is 2.23. The Bertz CT molecular complexity index is 530. The molecular formula is C15H18ClNO3. The number of ether oxygens (including phenoxy) is 1. The van der Waals surface area contributed by atoms with Gasteiger partial charge in [-0.2, -0.15) is 0 Å². The molecule has 1 aliphatic heterocycles. The number of carbonyl (C=O) groups is 2. The molecule has 1 aliphatic rings. The topological polar surface area (TPSA) is 46.6 Å². The lowest BCUT2D eigenvalue weighted by atomic mass is 9.97. The van der Waals surface area contributed by atoms with Gasteiger partial charge in [-0.05, 0) is 37.5 Å². The summed E-state index contributed by atoms with van der Waals surface area (Å²) < 4.78 is 4.77. The van der Waals surface area contributed by atoms with E-state index in [2.05, 4.69) is 0 Å². The molecule has 0 aliphatic carbocycles. The van der Waals surface area contributed by atoms with Gasteiger partial charge in [0.1, 0.15) is 0 Å². The van der Waals surface area contributed by atoms with Crippen LogP contribution >= 0.6 is 11.6 Å². The first-order valence-electron chi connectivity index (χ1n) is 6.66. The lowest BCUT2D eigenvalue weighted by molar-refractivity contribution is -0.146. The van der Waals surface area contributed by atoms with Crippen molar-refractivity contribution in [2.24, 2.45) is 5.92 Å². The van der Waals surface area contributed by atoms with E-state index in [1.165, 1.54) is 7.11 Å². The molecule has 0 spiro atoms. The highest BCUT2D eigenvalue weighted by Gasteiger charge is 2.30. The Kier molecular flexibility index (Phi) is 4.65. The molecule has 1 amide bonds. The molecule has 0 bridgehead atoms. The van der Waals surface area contributed by atoms with Crippen molar-refractivity contribution in [3.63, 3.8) is 0 Å². The molecule has 2 rings (SSSR count). The van der Waals surface area contributed by atoms with Gasteiger partial charge in [-0.15, -0.1) is 0 Å². The molecule has 20 heavy (non-hydrogen) atoms. The van der Waals surface area contributed by atoms with Crippen molar-refractivity contribution in [2.45, 2.75) is 19.8 Å². The minimum Gasteiger partial charge on any atom is -0.469 e. The normalized spacial score (nSPS) is 18.8. The van der Waals surface area contributed by atoms with Gasteiger partial charge in [-0.3, -0.25) is 9.59 Å². The van der Waals surface area contributed by atoms with Crippen LogP contribution in [0.15, 0.2) is 18.2 Å². The number of esters is 1. The summed E-state index contributed by atoms with van der Waals surface area (Å²) in [5.41, 5.74) is 1.38. The van der Waals surface area contributed by atoms with Crippen molar-refractivity contribution >= 4 is 23.5 Å². The summed E-state index contributed by atoms with van der Waals surface area (Å²) in [6.45, 7) is 2.91. The predicted molar refractivity (Wildman–Crippen MR) is 76.8 cm³/mol. The van der Waals surface area contributed by atoms with E-state index >= 15 is 0 Å². The van der Waals surface area contributed by atoms with Gasteiger partial charge in [0.2, 0.25) is 0 Å². The molecule has 0 aromatic heterocycles. The molecule has 108 valence electrons. The number of halogens is 1. The molecule has 5 heteroatoms. The second-order valence-electron chi connectivity index (χ2n) is 5.03. The summed E-state index contributed by atoms with van der Waals surface area (Å²) in [5, 5.41) is 0.581. The molecule has 1 saturated heterocycles. The summed E-state index contributed by atoms with van der Waals surface area (Å²) in [7, 11) is 1.38. The number of benzene rings is 1. The van der Waals surface area contributed by atoms with Crippen LogP contribution in [0, 0.1) is 12.8 Å². The summed E-state index contributed by atoms with van der Waals surface area (Å²) in [6.07, 6.45) is 1.58. The van der Waals surface area contributed by atoms with Gasteiger partial charge in [0.05, 0.1) is 13.0 Å². The van der Waals surface area contributed by atoms with Crippen molar-refractivity contribution in [3.8, 4) is 0 Å². The predicted octanol–water partition coefficient (Wildman–Crippen LogP) is 2.67. The number of rotatable bonds is 2. The zero-order valence-corrected chi connectivity index (χ0v) is 12.4. The van der Waals surface area contributed by atoms with Gasteiger partial charge >= 0.3 is 5.97 Å². The molecule has 0 radical (unpaired) electrons. The average molecular weight is 296 g/mol. The number of amides is 1. The Morgan fingerprint density at radius 3 is 2.85 bits per heavy atom. The van der Waals surface area contributed by atoms with Crippen molar-refractivity contribution in [2.75, 3.05) is 20.2 Å². The SMILES string of the molecule is COC(=O)[C@H]1CCCN(C(=O)c2cccc(Cl)c2C)C1. The molecule has 1 heterocycles. The Morgan fingerprint density at radius 1 is 1.40 bits per heavy atom. The van der Waals surface area contributed by atoms with Crippen LogP contribution in [-0.2, 0) is 9.53 Å². The highest BCUT2D eigenvalue weighted by molar-refractivity contribution is 6.31. The van der Waals surface area contributed by atoms with Crippen molar-refractivity contribution in [1.29, 1.82) is 0 Å².